The van der Waals surface area contributed by atoms with E-state index in [4.69, 9.17) is 0 Å². The van der Waals surface area contributed by atoms with Crippen molar-refractivity contribution in [3.8, 4) is 0 Å². The fraction of sp³-hybridized carbons (Fsp3) is 0.600. The summed E-state index contributed by atoms with van der Waals surface area (Å²) in [6.07, 6.45) is 2.46. The molecule has 0 N–H and O–H groups in total. The average molecular weight is 361 g/mol. The fourth-order valence-electron chi connectivity index (χ4n) is 3.70. The number of carbonyl (C=O) groups is 2. The lowest BCUT2D eigenvalue weighted by molar-refractivity contribution is -0.136. The molecule has 1 aromatic rings. The third kappa shape index (κ3) is 4.02. The van der Waals surface area contributed by atoms with Gasteiger partial charge in [0.25, 0.3) is 0 Å². The maximum Gasteiger partial charge on any atom is 0.228 e. The Kier molecular flexibility index (Phi) is 5.72. The van der Waals surface area contributed by atoms with E-state index in [9.17, 15) is 9.59 Å². The third-order valence-electron chi connectivity index (χ3n) is 5.43. The number of carbonyl (C=O) groups excluding carboxylic acids is 2. The molecule has 4 nitrogen and oxygen atoms in total. The largest absolute Gasteiger partial charge is 0.342 e. The van der Waals surface area contributed by atoms with Crippen molar-refractivity contribution in [2.75, 3.05) is 30.0 Å². The van der Waals surface area contributed by atoms with E-state index in [-0.39, 0.29) is 17.7 Å². The first kappa shape index (κ1) is 18.3. The third-order valence-corrected chi connectivity index (χ3v) is 6.48. The van der Waals surface area contributed by atoms with Crippen LogP contribution >= 0.6 is 11.8 Å². The zero-order chi connectivity index (χ0) is 18.0. The summed E-state index contributed by atoms with van der Waals surface area (Å²) in [5.41, 5.74) is 2.17. The summed E-state index contributed by atoms with van der Waals surface area (Å²) in [6.45, 7) is 4.82. The van der Waals surface area contributed by atoms with E-state index in [0.717, 1.165) is 30.0 Å². The second-order valence-corrected chi connectivity index (χ2v) is 8.67. The standard InChI is InChI=1S/C20H28N2O2S/c1-14(2)15-4-6-18(7-5-15)22-13-16(12-19(22)23)20(24)21(3)17-8-10-25-11-9-17/h4-7,14,16-17H,8-13H2,1-3H3/t16-/m0/s1. The van der Waals surface area contributed by atoms with Crippen LogP contribution in [-0.4, -0.2) is 47.9 Å². The van der Waals surface area contributed by atoms with E-state index >= 15 is 0 Å². The number of rotatable bonds is 4. The molecule has 136 valence electrons. The van der Waals surface area contributed by atoms with Crippen molar-refractivity contribution in [2.45, 2.75) is 45.1 Å². The maximum atomic E-state index is 12.9. The SMILES string of the molecule is CC(C)c1ccc(N2C[C@@H](C(=O)N(C)C3CCSCC3)CC2=O)cc1. The Hall–Kier alpha value is -1.49. The highest BCUT2D eigenvalue weighted by molar-refractivity contribution is 7.99. The minimum atomic E-state index is -0.211. The highest BCUT2D eigenvalue weighted by Crippen LogP contribution is 2.29. The first-order valence-electron chi connectivity index (χ1n) is 9.22. The molecule has 2 fully saturated rings. The molecule has 0 saturated carbocycles. The number of hydrogen-bond acceptors (Lipinski definition) is 3. The van der Waals surface area contributed by atoms with Crippen LogP contribution < -0.4 is 4.90 Å². The van der Waals surface area contributed by atoms with Gasteiger partial charge in [0.05, 0.1) is 5.92 Å². The topological polar surface area (TPSA) is 40.6 Å². The predicted molar refractivity (Wildman–Crippen MR) is 104 cm³/mol. The minimum Gasteiger partial charge on any atom is -0.342 e. The van der Waals surface area contributed by atoms with Crippen molar-refractivity contribution in [3.63, 3.8) is 0 Å². The maximum absolute atomic E-state index is 12.9. The molecule has 0 radical (unpaired) electrons. The number of amides is 2. The van der Waals surface area contributed by atoms with Gasteiger partial charge >= 0.3 is 0 Å². The van der Waals surface area contributed by atoms with Crippen LogP contribution in [0.5, 0.6) is 0 Å². The Balaban J connectivity index is 1.66. The van der Waals surface area contributed by atoms with Gasteiger partial charge in [-0.3, -0.25) is 9.59 Å². The summed E-state index contributed by atoms with van der Waals surface area (Å²) >= 11 is 1.96. The zero-order valence-corrected chi connectivity index (χ0v) is 16.2. The zero-order valence-electron chi connectivity index (χ0n) is 15.4. The Bertz CT molecular complexity index is 623. The number of nitrogens with zero attached hydrogens (tertiary/aromatic N) is 2. The van der Waals surface area contributed by atoms with E-state index in [0.29, 0.717) is 24.9 Å². The van der Waals surface area contributed by atoms with Crippen molar-refractivity contribution in [1.29, 1.82) is 0 Å². The predicted octanol–water partition coefficient (Wildman–Crippen LogP) is 3.52. The van der Waals surface area contributed by atoms with Gasteiger partial charge in [-0.15, -0.1) is 0 Å². The molecule has 25 heavy (non-hydrogen) atoms. The van der Waals surface area contributed by atoms with Crippen LogP contribution in [-0.2, 0) is 9.59 Å². The van der Waals surface area contributed by atoms with E-state index in [1.807, 2.05) is 35.8 Å². The van der Waals surface area contributed by atoms with Gasteiger partial charge < -0.3 is 9.80 Å². The van der Waals surface area contributed by atoms with E-state index in [1.54, 1.807) is 4.90 Å². The van der Waals surface area contributed by atoms with Crippen LogP contribution in [0.25, 0.3) is 0 Å². The fourth-order valence-corrected chi connectivity index (χ4v) is 4.78. The minimum absolute atomic E-state index is 0.0586. The second kappa shape index (κ2) is 7.81. The first-order valence-corrected chi connectivity index (χ1v) is 10.4. The highest BCUT2D eigenvalue weighted by atomic mass is 32.2. The lowest BCUT2D eigenvalue weighted by atomic mass is 10.0. The average Bonchev–Trinajstić information content (AvgIpc) is 3.03. The lowest BCUT2D eigenvalue weighted by Crippen LogP contribution is -2.43. The van der Waals surface area contributed by atoms with Gasteiger partial charge in [0.1, 0.15) is 0 Å². The molecule has 0 bridgehead atoms. The van der Waals surface area contributed by atoms with Crippen molar-refractivity contribution in [1.82, 2.24) is 4.90 Å². The summed E-state index contributed by atoms with van der Waals surface area (Å²) in [5, 5.41) is 0. The van der Waals surface area contributed by atoms with Gasteiger partial charge in [-0.2, -0.15) is 11.8 Å². The lowest BCUT2D eigenvalue weighted by Gasteiger charge is -2.32. The molecule has 1 atom stereocenters. The van der Waals surface area contributed by atoms with E-state index < -0.39 is 0 Å². The number of hydrogen-bond donors (Lipinski definition) is 0. The molecule has 2 saturated heterocycles. The van der Waals surface area contributed by atoms with Crippen LogP contribution in [0.4, 0.5) is 5.69 Å². The van der Waals surface area contributed by atoms with Gasteiger partial charge in [-0.05, 0) is 48.0 Å². The molecule has 0 spiro atoms. The Morgan fingerprint density at radius 1 is 1.20 bits per heavy atom. The number of benzene rings is 1. The van der Waals surface area contributed by atoms with Gasteiger partial charge in [-0.25, -0.2) is 0 Å². The second-order valence-electron chi connectivity index (χ2n) is 7.44. The van der Waals surface area contributed by atoms with Gasteiger partial charge in [0, 0.05) is 31.7 Å². The molecular weight excluding hydrogens is 332 g/mol. The summed E-state index contributed by atoms with van der Waals surface area (Å²) in [7, 11) is 1.91. The van der Waals surface area contributed by atoms with Gasteiger partial charge in [0.2, 0.25) is 11.8 Å². The summed E-state index contributed by atoms with van der Waals surface area (Å²) in [5.74, 6) is 2.70. The molecule has 0 unspecified atom stereocenters. The summed E-state index contributed by atoms with van der Waals surface area (Å²) < 4.78 is 0. The highest BCUT2D eigenvalue weighted by Gasteiger charge is 2.38. The van der Waals surface area contributed by atoms with Crippen molar-refractivity contribution in [2.24, 2.45) is 5.92 Å². The smallest absolute Gasteiger partial charge is 0.228 e. The first-order chi connectivity index (χ1) is 12.0. The number of thioether (sulfide) groups is 1. The van der Waals surface area contributed by atoms with Crippen LogP contribution in [0.3, 0.4) is 0 Å². The molecule has 2 aliphatic heterocycles. The Labute approximate surface area is 154 Å². The van der Waals surface area contributed by atoms with Crippen LogP contribution in [0.1, 0.15) is 44.6 Å². The van der Waals surface area contributed by atoms with E-state index in [1.165, 1.54) is 5.56 Å². The van der Waals surface area contributed by atoms with Crippen LogP contribution in [0.15, 0.2) is 24.3 Å². The monoisotopic (exact) mass is 360 g/mol. The van der Waals surface area contributed by atoms with Crippen LogP contribution in [0.2, 0.25) is 0 Å². The molecule has 2 aliphatic rings. The molecular formula is C20H28N2O2S. The van der Waals surface area contributed by atoms with Crippen molar-refractivity contribution in [3.05, 3.63) is 29.8 Å². The molecule has 2 amide bonds. The molecule has 0 aromatic heterocycles. The Morgan fingerprint density at radius 2 is 1.84 bits per heavy atom. The van der Waals surface area contributed by atoms with Crippen LogP contribution in [0, 0.1) is 5.92 Å². The normalized spacial score (nSPS) is 21.8. The molecule has 3 rings (SSSR count). The number of anilines is 1. The molecule has 2 heterocycles. The molecule has 0 aliphatic carbocycles. The van der Waals surface area contributed by atoms with Crippen molar-refractivity contribution < 1.29 is 9.59 Å². The van der Waals surface area contributed by atoms with Crippen molar-refractivity contribution >= 4 is 29.3 Å². The Morgan fingerprint density at radius 3 is 2.44 bits per heavy atom. The molecule has 1 aromatic carbocycles. The van der Waals surface area contributed by atoms with Gasteiger partial charge in [0.15, 0.2) is 0 Å². The summed E-state index contributed by atoms with van der Waals surface area (Å²) in [4.78, 5) is 29.0. The van der Waals surface area contributed by atoms with E-state index in [2.05, 4.69) is 26.0 Å². The summed E-state index contributed by atoms with van der Waals surface area (Å²) in [6, 6.07) is 8.50. The quantitative estimate of drug-likeness (QED) is 0.825. The molecule has 5 heteroatoms. The van der Waals surface area contributed by atoms with Gasteiger partial charge in [-0.1, -0.05) is 26.0 Å².